The fraction of sp³-hybridized carbons (Fsp3) is 0.182. The van der Waals surface area contributed by atoms with Gasteiger partial charge in [0.05, 0.1) is 23.2 Å². The summed E-state index contributed by atoms with van der Waals surface area (Å²) in [6.07, 6.45) is 3.03. The van der Waals surface area contributed by atoms with Gasteiger partial charge in [-0.3, -0.25) is 0 Å². The minimum atomic E-state index is -0.386. The molecule has 0 amide bonds. The maximum atomic E-state index is 10.9. The summed E-state index contributed by atoms with van der Waals surface area (Å²) in [6.45, 7) is 0. The van der Waals surface area contributed by atoms with Gasteiger partial charge in [-0.1, -0.05) is 0 Å². The van der Waals surface area contributed by atoms with Crippen LogP contribution >= 0.6 is 31.9 Å². The number of carbonyl (C=O) groups excluding carboxylic acids is 1. The number of methoxy groups -OCH3 is 2. The van der Waals surface area contributed by atoms with Gasteiger partial charge in [-0.05, 0) is 55.6 Å². The normalized spacial score (nSPS) is 10.5. The molecule has 0 saturated heterocycles. The summed E-state index contributed by atoms with van der Waals surface area (Å²) in [6, 6.07) is 3.70. The van der Waals surface area contributed by atoms with Gasteiger partial charge in [-0.15, -0.1) is 0 Å². The Hall–Kier alpha value is -0.810. The third-order valence-corrected chi connectivity index (χ3v) is 3.02. The monoisotopic (exact) mass is 348 g/mol. The summed E-state index contributed by atoms with van der Waals surface area (Å²) in [5.41, 5.74) is 0.866. The summed E-state index contributed by atoms with van der Waals surface area (Å²) in [7, 11) is 2.93. The van der Waals surface area contributed by atoms with Crippen molar-refractivity contribution in [2.24, 2.45) is 0 Å². The predicted octanol–water partition coefficient (Wildman–Crippen LogP) is 3.41. The molecule has 5 heteroatoms. The molecule has 0 aliphatic carbocycles. The van der Waals surface area contributed by atoms with Gasteiger partial charge in [-0.2, -0.15) is 0 Å². The first-order valence-corrected chi connectivity index (χ1v) is 5.96. The maximum absolute atomic E-state index is 10.9. The molecule has 0 radical (unpaired) electrons. The van der Waals surface area contributed by atoms with E-state index in [4.69, 9.17) is 4.74 Å². The molecule has 16 heavy (non-hydrogen) atoms. The van der Waals surface area contributed by atoms with Crippen LogP contribution in [0.1, 0.15) is 5.56 Å². The zero-order valence-electron chi connectivity index (χ0n) is 8.79. The van der Waals surface area contributed by atoms with E-state index in [1.54, 1.807) is 13.2 Å². The van der Waals surface area contributed by atoms with Crippen LogP contribution in [0.4, 0.5) is 0 Å². The van der Waals surface area contributed by atoms with Crippen molar-refractivity contribution in [1.29, 1.82) is 0 Å². The lowest BCUT2D eigenvalue weighted by molar-refractivity contribution is -0.134. The van der Waals surface area contributed by atoms with Crippen LogP contribution in [0.3, 0.4) is 0 Å². The Morgan fingerprint density at radius 1 is 1.25 bits per heavy atom. The van der Waals surface area contributed by atoms with E-state index >= 15 is 0 Å². The fourth-order valence-corrected chi connectivity index (χ4v) is 2.65. The van der Waals surface area contributed by atoms with E-state index in [0.29, 0.717) is 0 Å². The zero-order chi connectivity index (χ0) is 12.1. The van der Waals surface area contributed by atoms with Gasteiger partial charge in [0.1, 0.15) is 5.75 Å². The van der Waals surface area contributed by atoms with E-state index in [0.717, 1.165) is 20.3 Å². The summed E-state index contributed by atoms with van der Waals surface area (Å²) in [4.78, 5) is 10.9. The topological polar surface area (TPSA) is 35.5 Å². The van der Waals surface area contributed by atoms with Gasteiger partial charge < -0.3 is 9.47 Å². The van der Waals surface area contributed by atoms with Crippen LogP contribution < -0.4 is 4.74 Å². The molecule has 1 rings (SSSR count). The number of carbonyl (C=O) groups is 1. The maximum Gasteiger partial charge on any atom is 0.330 e. The Morgan fingerprint density at radius 2 is 1.81 bits per heavy atom. The van der Waals surface area contributed by atoms with Gasteiger partial charge in [0, 0.05) is 6.08 Å². The Balaban J connectivity index is 3.00. The van der Waals surface area contributed by atoms with Crippen LogP contribution in [-0.2, 0) is 9.53 Å². The molecular formula is C11H10Br2O3. The molecule has 0 bridgehead atoms. The number of rotatable bonds is 3. The highest BCUT2D eigenvalue weighted by molar-refractivity contribution is 9.11. The molecule has 86 valence electrons. The highest BCUT2D eigenvalue weighted by atomic mass is 79.9. The predicted molar refractivity (Wildman–Crippen MR) is 69.4 cm³/mol. The lowest BCUT2D eigenvalue weighted by Gasteiger charge is -2.06. The molecular weight excluding hydrogens is 340 g/mol. The van der Waals surface area contributed by atoms with E-state index in [1.165, 1.54) is 13.2 Å². The third kappa shape index (κ3) is 3.35. The number of hydrogen-bond donors (Lipinski definition) is 0. The molecule has 0 aliphatic rings. The minimum Gasteiger partial charge on any atom is -0.494 e. The molecule has 0 fully saturated rings. The first-order chi connectivity index (χ1) is 7.58. The number of hydrogen-bond acceptors (Lipinski definition) is 3. The standard InChI is InChI=1S/C11H10Br2O3/c1-15-10(14)4-3-7-5-8(12)11(16-2)9(13)6-7/h3-6H,1-2H3. The van der Waals surface area contributed by atoms with Crippen molar-refractivity contribution < 1.29 is 14.3 Å². The van der Waals surface area contributed by atoms with E-state index in [2.05, 4.69) is 36.6 Å². The van der Waals surface area contributed by atoms with Crippen LogP contribution in [0.2, 0.25) is 0 Å². The molecule has 0 heterocycles. The van der Waals surface area contributed by atoms with E-state index in [9.17, 15) is 4.79 Å². The van der Waals surface area contributed by atoms with E-state index in [-0.39, 0.29) is 5.97 Å². The second-order valence-corrected chi connectivity index (χ2v) is 4.58. The Morgan fingerprint density at radius 3 is 2.25 bits per heavy atom. The Bertz CT molecular complexity index is 404. The number of halogens is 2. The molecule has 1 aromatic carbocycles. The molecule has 0 saturated carbocycles. The van der Waals surface area contributed by atoms with Crippen molar-refractivity contribution in [1.82, 2.24) is 0 Å². The van der Waals surface area contributed by atoms with Gasteiger partial charge >= 0.3 is 5.97 Å². The van der Waals surface area contributed by atoms with Crippen molar-refractivity contribution in [2.75, 3.05) is 14.2 Å². The van der Waals surface area contributed by atoms with Crippen LogP contribution in [-0.4, -0.2) is 20.2 Å². The van der Waals surface area contributed by atoms with Crippen molar-refractivity contribution in [3.05, 3.63) is 32.7 Å². The lowest BCUT2D eigenvalue weighted by atomic mass is 10.2. The summed E-state index contributed by atoms with van der Waals surface area (Å²) in [5, 5.41) is 0. The van der Waals surface area contributed by atoms with E-state index in [1.807, 2.05) is 12.1 Å². The average molecular weight is 350 g/mol. The molecule has 3 nitrogen and oxygen atoms in total. The highest BCUT2D eigenvalue weighted by Crippen LogP contribution is 2.34. The van der Waals surface area contributed by atoms with E-state index < -0.39 is 0 Å². The van der Waals surface area contributed by atoms with Gasteiger partial charge in [0.15, 0.2) is 0 Å². The minimum absolute atomic E-state index is 0.386. The number of benzene rings is 1. The third-order valence-electron chi connectivity index (χ3n) is 1.84. The van der Waals surface area contributed by atoms with Crippen molar-refractivity contribution in [3.8, 4) is 5.75 Å². The number of ether oxygens (including phenoxy) is 2. The average Bonchev–Trinajstić information content (AvgIpc) is 2.25. The first kappa shape index (κ1) is 13.3. The van der Waals surface area contributed by atoms with Gasteiger partial charge in [0.25, 0.3) is 0 Å². The van der Waals surface area contributed by atoms with Crippen molar-refractivity contribution in [3.63, 3.8) is 0 Å². The van der Waals surface area contributed by atoms with Gasteiger partial charge in [0.2, 0.25) is 0 Å². The Labute approximate surface area is 111 Å². The highest BCUT2D eigenvalue weighted by Gasteiger charge is 2.06. The first-order valence-electron chi connectivity index (χ1n) is 4.37. The molecule has 0 aromatic heterocycles. The van der Waals surface area contributed by atoms with Crippen molar-refractivity contribution in [2.45, 2.75) is 0 Å². The zero-order valence-corrected chi connectivity index (χ0v) is 12.0. The van der Waals surface area contributed by atoms with Crippen molar-refractivity contribution >= 4 is 43.9 Å². The molecule has 1 aromatic rings. The van der Waals surface area contributed by atoms with Crippen LogP contribution in [0.5, 0.6) is 5.75 Å². The summed E-state index contributed by atoms with van der Waals surface area (Å²) < 4.78 is 11.3. The lowest BCUT2D eigenvalue weighted by Crippen LogP contribution is -1.93. The van der Waals surface area contributed by atoms with Crippen LogP contribution in [0, 0.1) is 0 Å². The van der Waals surface area contributed by atoms with Crippen LogP contribution in [0.25, 0.3) is 6.08 Å². The number of esters is 1. The second-order valence-electron chi connectivity index (χ2n) is 2.87. The molecule has 0 N–H and O–H groups in total. The SMILES string of the molecule is COC(=O)C=Cc1cc(Br)c(OC)c(Br)c1. The Kier molecular flexibility index (Phi) is 5.02. The second kappa shape index (κ2) is 6.06. The van der Waals surface area contributed by atoms with Crippen LogP contribution in [0.15, 0.2) is 27.2 Å². The fourth-order valence-electron chi connectivity index (χ4n) is 1.10. The summed E-state index contributed by atoms with van der Waals surface area (Å²) in [5.74, 6) is 0.332. The quantitative estimate of drug-likeness (QED) is 0.619. The smallest absolute Gasteiger partial charge is 0.330 e. The largest absolute Gasteiger partial charge is 0.494 e. The molecule has 0 unspecified atom stereocenters. The van der Waals surface area contributed by atoms with Gasteiger partial charge in [-0.25, -0.2) is 4.79 Å². The molecule has 0 atom stereocenters. The molecule has 0 aliphatic heterocycles. The summed E-state index contributed by atoms with van der Waals surface area (Å²) >= 11 is 6.75. The molecule has 0 spiro atoms.